The van der Waals surface area contributed by atoms with Gasteiger partial charge in [0.15, 0.2) is 0 Å². The van der Waals surface area contributed by atoms with Crippen molar-refractivity contribution in [1.82, 2.24) is 0 Å². The number of carbonyl (C=O) groups is 1. The second kappa shape index (κ2) is 3.81. The number of benzene rings is 1. The van der Waals surface area contributed by atoms with Gasteiger partial charge in [0.25, 0.3) is 0 Å². The zero-order valence-corrected chi connectivity index (χ0v) is 8.70. The van der Waals surface area contributed by atoms with Crippen LogP contribution in [-0.2, 0) is 11.2 Å². The number of hydrogen-bond donors (Lipinski definition) is 0. The quantitative estimate of drug-likeness (QED) is 0.689. The van der Waals surface area contributed by atoms with E-state index < -0.39 is 0 Å². The molecular formula is C11H12O4. The van der Waals surface area contributed by atoms with Crippen LogP contribution in [0.3, 0.4) is 0 Å². The minimum Gasteiger partial charge on any atom is -0.496 e. The van der Waals surface area contributed by atoms with Gasteiger partial charge in [-0.15, -0.1) is 0 Å². The molecular weight excluding hydrogens is 196 g/mol. The summed E-state index contributed by atoms with van der Waals surface area (Å²) in [5, 5.41) is 0. The van der Waals surface area contributed by atoms with Crippen molar-refractivity contribution >= 4 is 5.97 Å². The standard InChI is InChI=1S/C11H12O4/c1-13-9-4-3-8-7(5-6-15-8)10(9)11(12)14-2/h3-4H,5-6H2,1-2H3. The van der Waals surface area contributed by atoms with Gasteiger partial charge < -0.3 is 14.2 Å². The van der Waals surface area contributed by atoms with E-state index in [2.05, 4.69) is 0 Å². The summed E-state index contributed by atoms with van der Waals surface area (Å²) in [5.41, 5.74) is 1.36. The number of rotatable bonds is 2. The van der Waals surface area contributed by atoms with Crippen LogP contribution in [0.4, 0.5) is 0 Å². The largest absolute Gasteiger partial charge is 0.496 e. The molecule has 2 rings (SSSR count). The Morgan fingerprint density at radius 2 is 2.20 bits per heavy atom. The van der Waals surface area contributed by atoms with Gasteiger partial charge in [0, 0.05) is 12.0 Å². The molecule has 0 radical (unpaired) electrons. The maximum absolute atomic E-state index is 11.6. The number of methoxy groups -OCH3 is 2. The van der Waals surface area contributed by atoms with Crippen LogP contribution in [0.5, 0.6) is 11.5 Å². The van der Waals surface area contributed by atoms with Crippen LogP contribution in [-0.4, -0.2) is 26.8 Å². The van der Waals surface area contributed by atoms with Gasteiger partial charge in [-0.25, -0.2) is 4.79 Å². The molecule has 0 atom stereocenters. The monoisotopic (exact) mass is 208 g/mol. The van der Waals surface area contributed by atoms with Crippen molar-refractivity contribution in [3.8, 4) is 11.5 Å². The van der Waals surface area contributed by atoms with Gasteiger partial charge in [0.05, 0.1) is 20.8 Å². The summed E-state index contributed by atoms with van der Waals surface area (Å²) in [4.78, 5) is 11.6. The van der Waals surface area contributed by atoms with Crippen LogP contribution in [0.15, 0.2) is 12.1 Å². The normalized spacial score (nSPS) is 12.9. The first-order chi connectivity index (χ1) is 7.27. The smallest absolute Gasteiger partial charge is 0.342 e. The molecule has 1 aliphatic heterocycles. The molecule has 0 saturated heterocycles. The Bertz CT molecular complexity index is 398. The molecule has 0 amide bonds. The van der Waals surface area contributed by atoms with Crippen LogP contribution in [0.25, 0.3) is 0 Å². The Hall–Kier alpha value is -1.71. The van der Waals surface area contributed by atoms with Crippen molar-refractivity contribution in [2.75, 3.05) is 20.8 Å². The maximum atomic E-state index is 11.6. The summed E-state index contributed by atoms with van der Waals surface area (Å²) in [6.45, 7) is 0.604. The molecule has 1 aromatic rings. The third-order valence-electron chi connectivity index (χ3n) is 2.45. The first-order valence-electron chi connectivity index (χ1n) is 4.69. The number of carbonyl (C=O) groups excluding carboxylic acids is 1. The summed E-state index contributed by atoms with van der Waals surface area (Å²) in [6.07, 6.45) is 0.719. The lowest BCUT2D eigenvalue weighted by Crippen LogP contribution is -2.07. The lowest BCUT2D eigenvalue weighted by Gasteiger charge is -2.10. The molecule has 0 fully saturated rings. The molecule has 1 heterocycles. The highest BCUT2D eigenvalue weighted by Gasteiger charge is 2.24. The number of hydrogen-bond acceptors (Lipinski definition) is 4. The minimum absolute atomic E-state index is 0.380. The molecule has 4 nitrogen and oxygen atoms in total. The van der Waals surface area contributed by atoms with E-state index in [1.807, 2.05) is 6.07 Å². The first kappa shape index (κ1) is 9.83. The van der Waals surface area contributed by atoms with E-state index in [4.69, 9.17) is 14.2 Å². The Kier molecular flexibility index (Phi) is 2.49. The van der Waals surface area contributed by atoms with E-state index in [0.29, 0.717) is 17.9 Å². The van der Waals surface area contributed by atoms with Crippen LogP contribution < -0.4 is 9.47 Å². The summed E-state index contributed by atoms with van der Waals surface area (Å²) in [5.74, 6) is 0.900. The zero-order valence-electron chi connectivity index (χ0n) is 8.70. The van der Waals surface area contributed by atoms with Crippen LogP contribution in [0, 0.1) is 0 Å². The topological polar surface area (TPSA) is 44.8 Å². The molecule has 0 saturated carbocycles. The predicted molar refractivity (Wildman–Crippen MR) is 53.5 cm³/mol. The number of esters is 1. The van der Waals surface area contributed by atoms with E-state index in [0.717, 1.165) is 17.7 Å². The Labute approximate surface area is 87.8 Å². The molecule has 80 valence electrons. The zero-order chi connectivity index (χ0) is 10.8. The first-order valence-corrected chi connectivity index (χ1v) is 4.69. The van der Waals surface area contributed by atoms with E-state index in [1.54, 1.807) is 6.07 Å². The van der Waals surface area contributed by atoms with Gasteiger partial charge in [-0.2, -0.15) is 0 Å². The number of fused-ring (bicyclic) bond motifs is 1. The maximum Gasteiger partial charge on any atom is 0.342 e. The molecule has 0 N–H and O–H groups in total. The van der Waals surface area contributed by atoms with Crippen molar-refractivity contribution in [3.05, 3.63) is 23.3 Å². The lowest BCUT2D eigenvalue weighted by atomic mass is 10.0. The van der Waals surface area contributed by atoms with Gasteiger partial charge in [-0.05, 0) is 12.1 Å². The SMILES string of the molecule is COC(=O)c1c(OC)ccc2c1CCO2. The van der Waals surface area contributed by atoms with E-state index in [9.17, 15) is 4.79 Å². The van der Waals surface area contributed by atoms with E-state index >= 15 is 0 Å². The molecule has 0 aliphatic carbocycles. The average Bonchev–Trinajstić information content (AvgIpc) is 2.74. The van der Waals surface area contributed by atoms with E-state index in [1.165, 1.54) is 14.2 Å². The van der Waals surface area contributed by atoms with Gasteiger partial charge in [-0.3, -0.25) is 0 Å². The van der Waals surface area contributed by atoms with Crippen molar-refractivity contribution < 1.29 is 19.0 Å². The molecule has 0 unspecified atom stereocenters. The lowest BCUT2D eigenvalue weighted by molar-refractivity contribution is 0.0596. The highest BCUT2D eigenvalue weighted by Crippen LogP contribution is 2.34. The molecule has 4 heteroatoms. The Morgan fingerprint density at radius 1 is 1.40 bits per heavy atom. The molecule has 0 bridgehead atoms. The highest BCUT2D eigenvalue weighted by atomic mass is 16.5. The second-order valence-corrected chi connectivity index (χ2v) is 3.21. The summed E-state index contributed by atoms with van der Waals surface area (Å²) in [6, 6.07) is 3.53. The summed E-state index contributed by atoms with van der Waals surface area (Å²) >= 11 is 0. The Balaban J connectivity index is 2.57. The fourth-order valence-electron chi connectivity index (χ4n) is 1.75. The second-order valence-electron chi connectivity index (χ2n) is 3.21. The van der Waals surface area contributed by atoms with Crippen molar-refractivity contribution in [1.29, 1.82) is 0 Å². The fourth-order valence-corrected chi connectivity index (χ4v) is 1.75. The van der Waals surface area contributed by atoms with Crippen LogP contribution in [0.1, 0.15) is 15.9 Å². The third-order valence-corrected chi connectivity index (χ3v) is 2.45. The number of ether oxygens (including phenoxy) is 3. The van der Waals surface area contributed by atoms with Crippen molar-refractivity contribution in [2.45, 2.75) is 6.42 Å². The average molecular weight is 208 g/mol. The predicted octanol–water partition coefficient (Wildman–Crippen LogP) is 1.42. The third kappa shape index (κ3) is 1.52. The molecule has 0 aromatic heterocycles. The summed E-state index contributed by atoms with van der Waals surface area (Å²) in [7, 11) is 2.89. The van der Waals surface area contributed by atoms with Crippen LogP contribution >= 0.6 is 0 Å². The highest BCUT2D eigenvalue weighted by molar-refractivity contribution is 5.95. The van der Waals surface area contributed by atoms with Crippen molar-refractivity contribution in [2.24, 2.45) is 0 Å². The minimum atomic E-state index is -0.380. The molecule has 0 spiro atoms. The summed E-state index contributed by atoms with van der Waals surface area (Å²) < 4.78 is 15.2. The molecule has 1 aliphatic rings. The van der Waals surface area contributed by atoms with Gasteiger partial charge in [0.2, 0.25) is 0 Å². The van der Waals surface area contributed by atoms with Crippen LogP contribution in [0.2, 0.25) is 0 Å². The molecule has 1 aromatic carbocycles. The van der Waals surface area contributed by atoms with E-state index in [-0.39, 0.29) is 5.97 Å². The van der Waals surface area contributed by atoms with Gasteiger partial charge in [-0.1, -0.05) is 0 Å². The van der Waals surface area contributed by atoms with Gasteiger partial charge >= 0.3 is 5.97 Å². The van der Waals surface area contributed by atoms with Gasteiger partial charge in [0.1, 0.15) is 17.1 Å². The van der Waals surface area contributed by atoms with Crippen molar-refractivity contribution in [3.63, 3.8) is 0 Å². The fraction of sp³-hybridized carbons (Fsp3) is 0.364. The Morgan fingerprint density at radius 3 is 2.87 bits per heavy atom. The molecule has 15 heavy (non-hydrogen) atoms.